The van der Waals surface area contributed by atoms with Crippen molar-refractivity contribution in [2.45, 2.75) is 18.9 Å². The quantitative estimate of drug-likeness (QED) is 0.831. The molecule has 17 heavy (non-hydrogen) atoms. The molecule has 1 aromatic rings. The molecule has 1 aromatic carbocycles. The summed E-state index contributed by atoms with van der Waals surface area (Å²) >= 11 is 5.65. The molecule has 1 aliphatic heterocycles. The predicted molar refractivity (Wildman–Crippen MR) is 61.8 cm³/mol. The smallest absolute Gasteiger partial charge is 0.149 e. The first-order chi connectivity index (χ1) is 8.11. The lowest BCUT2D eigenvalue weighted by molar-refractivity contribution is 0.0576. The van der Waals surface area contributed by atoms with E-state index in [9.17, 15) is 8.78 Å². The van der Waals surface area contributed by atoms with Crippen molar-refractivity contribution in [3.8, 4) is 0 Å². The third kappa shape index (κ3) is 2.59. The summed E-state index contributed by atoms with van der Waals surface area (Å²) in [5.74, 6) is -1.34. The van der Waals surface area contributed by atoms with E-state index < -0.39 is 17.7 Å². The Balaban J connectivity index is 2.29. The van der Waals surface area contributed by atoms with Gasteiger partial charge in [-0.25, -0.2) is 8.78 Å². The van der Waals surface area contributed by atoms with Crippen LogP contribution < -0.4 is 5.73 Å². The molecule has 0 unspecified atom stereocenters. The molecule has 94 valence electrons. The van der Waals surface area contributed by atoms with Crippen molar-refractivity contribution < 1.29 is 13.5 Å². The summed E-state index contributed by atoms with van der Waals surface area (Å²) in [6.07, 6.45) is 1.43. The third-order valence-corrected chi connectivity index (χ3v) is 3.48. The fourth-order valence-corrected chi connectivity index (χ4v) is 2.32. The molecule has 0 aliphatic carbocycles. The van der Waals surface area contributed by atoms with Crippen molar-refractivity contribution in [1.82, 2.24) is 0 Å². The summed E-state index contributed by atoms with van der Waals surface area (Å²) in [4.78, 5) is 0. The average Bonchev–Trinajstić information content (AvgIpc) is 2.35. The van der Waals surface area contributed by atoms with Crippen LogP contribution >= 0.6 is 11.6 Å². The highest BCUT2D eigenvalue weighted by Gasteiger charge is 2.27. The first kappa shape index (κ1) is 12.7. The molecule has 0 bridgehead atoms. The third-order valence-electron chi connectivity index (χ3n) is 3.19. The van der Waals surface area contributed by atoms with Crippen molar-refractivity contribution in [2.24, 2.45) is 11.7 Å². The number of hydrogen-bond donors (Lipinski definition) is 1. The Kier molecular flexibility index (Phi) is 3.97. The summed E-state index contributed by atoms with van der Waals surface area (Å²) < 4.78 is 32.6. The van der Waals surface area contributed by atoms with Crippen LogP contribution in [0.4, 0.5) is 8.78 Å². The van der Waals surface area contributed by atoms with E-state index in [2.05, 4.69) is 0 Å². The van der Waals surface area contributed by atoms with Gasteiger partial charge in [-0.15, -0.1) is 0 Å². The molecule has 0 aromatic heterocycles. The van der Waals surface area contributed by atoms with E-state index in [-0.39, 0.29) is 16.5 Å². The van der Waals surface area contributed by atoms with Crippen LogP contribution in [-0.2, 0) is 4.74 Å². The summed E-state index contributed by atoms with van der Waals surface area (Å²) in [7, 11) is 0. The minimum absolute atomic E-state index is 0.0335. The normalized spacial score (nSPS) is 19.3. The largest absolute Gasteiger partial charge is 0.381 e. The van der Waals surface area contributed by atoms with Gasteiger partial charge in [-0.05, 0) is 30.9 Å². The number of ether oxygens (including phenoxy) is 1. The molecule has 1 atom stereocenters. The maximum absolute atomic E-state index is 13.8. The monoisotopic (exact) mass is 261 g/mol. The SMILES string of the molecule is N[C@H](c1c(F)ccc(Cl)c1F)C1CCOCC1. The summed E-state index contributed by atoms with van der Waals surface area (Å²) in [5, 5.41) is -0.0936. The fraction of sp³-hybridized carbons (Fsp3) is 0.500. The second-order valence-corrected chi connectivity index (χ2v) is 4.64. The number of rotatable bonds is 2. The highest BCUT2D eigenvalue weighted by atomic mass is 35.5. The summed E-state index contributed by atoms with van der Waals surface area (Å²) in [6, 6.07) is 1.68. The van der Waals surface area contributed by atoms with Crippen LogP contribution in [0.5, 0.6) is 0 Å². The molecule has 2 rings (SSSR count). The highest BCUT2D eigenvalue weighted by molar-refractivity contribution is 6.30. The molecule has 1 aliphatic rings. The molecule has 0 saturated carbocycles. The first-order valence-corrected chi connectivity index (χ1v) is 5.95. The molecular formula is C12H14ClF2NO. The molecule has 2 N–H and O–H groups in total. The fourth-order valence-electron chi connectivity index (χ4n) is 2.16. The molecular weight excluding hydrogens is 248 g/mol. The Hall–Kier alpha value is -0.710. The Morgan fingerprint density at radius 3 is 2.59 bits per heavy atom. The van der Waals surface area contributed by atoms with Gasteiger partial charge >= 0.3 is 0 Å². The Bertz CT molecular complexity index is 408. The van der Waals surface area contributed by atoms with Crippen molar-refractivity contribution in [2.75, 3.05) is 13.2 Å². The Morgan fingerprint density at radius 2 is 1.94 bits per heavy atom. The molecule has 2 nitrogen and oxygen atoms in total. The van der Waals surface area contributed by atoms with E-state index in [1.54, 1.807) is 0 Å². The van der Waals surface area contributed by atoms with E-state index in [0.29, 0.717) is 26.1 Å². The molecule has 5 heteroatoms. The van der Waals surface area contributed by atoms with Crippen molar-refractivity contribution in [3.05, 3.63) is 34.4 Å². The topological polar surface area (TPSA) is 35.2 Å². The van der Waals surface area contributed by atoms with Crippen molar-refractivity contribution in [1.29, 1.82) is 0 Å². The van der Waals surface area contributed by atoms with Gasteiger partial charge in [0.05, 0.1) is 5.02 Å². The molecule has 1 heterocycles. The van der Waals surface area contributed by atoms with Crippen LogP contribution in [0.2, 0.25) is 5.02 Å². The molecule has 1 fully saturated rings. The molecule has 0 radical (unpaired) electrons. The lowest BCUT2D eigenvalue weighted by Crippen LogP contribution is -2.29. The second-order valence-electron chi connectivity index (χ2n) is 4.23. The Morgan fingerprint density at radius 1 is 1.29 bits per heavy atom. The first-order valence-electron chi connectivity index (χ1n) is 5.58. The van der Waals surface area contributed by atoms with Crippen LogP contribution in [0.1, 0.15) is 24.4 Å². The highest BCUT2D eigenvalue weighted by Crippen LogP contribution is 2.33. The van der Waals surface area contributed by atoms with Gasteiger partial charge in [0.15, 0.2) is 0 Å². The summed E-state index contributed by atoms with van der Waals surface area (Å²) in [5.41, 5.74) is 5.84. The van der Waals surface area contributed by atoms with Crippen LogP contribution in [0.25, 0.3) is 0 Å². The average molecular weight is 262 g/mol. The van der Waals surface area contributed by atoms with E-state index in [0.717, 1.165) is 6.07 Å². The van der Waals surface area contributed by atoms with Crippen molar-refractivity contribution in [3.63, 3.8) is 0 Å². The zero-order chi connectivity index (χ0) is 12.4. The van der Waals surface area contributed by atoms with Gasteiger partial charge in [-0.3, -0.25) is 0 Å². The van der Waals surface area contributed by atoms with Gasteiger partial charge in [0.1, 0.15) is 11.6 Å². The van der Waals surface area contributed by atoms with Gasteiger partial charge in [-0.2, -0.15) is 0 Å². The minimum atomic E-state index is -0.745. The van der Waals surface area contributed by atoms with E-state index in [1.165, 1.54) is 6.07 Å². The standard InChI is InChI=1S/C12H14ClF2NO/c13-8-1-2-9(14)10(11(8)15)12(16)7-3-5-17-6-4-7/h1-2,7,12H,3-6,16H2/t12-/m0/s1. The van der Waals surface area contributed by atoms with E-state index in [1.807, 2.05) is 0 Å². The molecule has 1 saturated heterocycles. The van der Waals surface area contributed by atoms with Gasteiger partial charge < -0.3 is 10.5 Å². The predicted octanol–water partition coefficient (Wildman–Crippen LogP) is 3.04. The maximum Gasteiger partial charge on any atom is 0.149 e. The number of halogens is 3. The van der Waals surface area contributed by atoms with Crippen LogP contribution in [0.15, 0.2) is 12.1 Å². The number of hydrogen-bond acceptors (Lipinski definition) is 2. The van der Waals surface area contributed by atoms with Gasteiger partial charge in [0, 0.05) is 24.8 Å². The van der Waals surface area contributed by atoms with Crippen LogP contribution in [-0.4, -0.2) is 13.2 Å². The molecule has 0 amide bonds. The lowest BCUT2D eigenvalue weighted by atomic mass is 9.87. The maximum atomic E-state index is 13.8. The van der Waals surface area contributed by atoms with Gasteiger partial charge in [0.2, 0.25) is 0 Å². The Labute approximate surface area is 104 Å². The summed E-state index contributed by atoms with van der Waals surface area (Å²) in [6.45, 7) is 1.17. The number of benzene rings is 1. The zero-order valence-corrected chi connectivity index (χ0v) is 10.0. The molecule has 0 spiro atoms. The zero-order valence-electron chi connectivity index (χ0n) is 9.26. The van der Waals surface area contributed by atoms with Gasteiger partial charge in [-0.1, -0.05) is 11.6 Å². The second kappa shape index (κ2) is 5.29. The van der Waals surface area contributed by atoms with Crippen LogP contribution in [0, 0.1) is 17.6 Å². The number of nitrogens with two attached hydrogens (primary N) is 1. The van der Waals surface area contributed by atoms with E-state index in [4.69, 9.17) is 22.1 Å². The van der Waals surface area contributed by atoms with Crippen LogP contribution in [0.3, 0.4) is 0 Å². The lowest BCUT2D eigenvalue weighted by Gasteiger charge is -2.28. The van der Waals surface area contributed by atoms with Crippen molar-refractivity contribution >= 4 is 11.6 Å². The van der Waals surface area contributed by atoms with E-state index >= 15 is 0 Å². The van der Waals surface area contributed by atoms with Gasteiger partial charge in [0.25, 0.3) is 0 Å². The minimum Gasteiger partial charge on any atom is -0.381 e.